The predicted molar refractivity (Wildman–Crippen MR) is 76.8 cm³/mol. The summed E-state index contributed by atoms with van der Waals surface area (Å²) in [6.45, 7) is 6.42. The molecule has 1 aliphatic heterocycles. The minimum Gasteiger partial charge on any atom is -0.381 e. The summed E-state index contributed by atoms with van der Waals surface area (Å²) in [4.78, 5) is 2.66. The van der Waals surface area contributed by atoms with Crippen LogP contribution in [0.3, 0.4) is 0 Å². The van der Waals surface area contributed by atoms with Gasteiger partial charge in [0, 0.05) is 13.7 Å². The van der Waals surface area contributed by atoms with Gasteiger partial charge in [-0.15, -0.1) is 0 Å². The van der Waals surface area contributed by atoms with Crippen LogP contribution >= 0.6 is 0 Å². The van der Waals surface area contributed by atoms with Gasteiger partial charge in [-0.2, -0.15) is 0 Å². The summed E-state index contributed by atoms with van der Waals surface area (Å²) in [6, 6.07) is 0. The maximum absolute atomic E-state index is 5.44. The molecule has 0 amide bonds. The highest BCUT2D eigenvalue weighted by molar-refractivity contribution is 4.74. The lowest BCUT2D eigenvalue weighted by atomic mass is 9.84. The molecular formula is C16H31NO. The minimum atomic E-state index is 0.562. The molecule has 0 aromatic heterocycles. The Kier molecular flexibility index (Phi) is 5.97. The lowest BCUT2D eigenvalue weighted by molar-refractivity contribution is 0.0551. The van der Waals surface area contributed by atoms with Gasteiger partial charge in [0.05, 0.1) is 6.10 Å². The van der Waals surface area contributed by atoms with Crippen LogP contribution in [0.25, 0.3) is 0 Å². The molecule has 2 rings (SSSR count). The molecule has 18 heavy (non-hydrogen) atoms. The fourth-order valence-corrected chi connectivity index (χ4v) is 3.65. The van der Waals surface area contributed by atoms with E-state index in [0.29, 0.717) is 6.10 Å². The van der Waals surface area contributed by atoms with Crippen molar-refractivity contribution in [2.75, 3.05) is 26.7 Å². The summed E-state index contributed by atoms with van der Waals surface area (Å²) in [5.41, 5.74) is 0. The van der Waals surface area contributed by atoms with Gasteiger partial charge in [0.1, 0.15) is 0 Å². The van der Waals surface area contributed by atoms with Crippen molar-refractivity contribution >= 4 is 0 Å². The van der Waals surface area contributed by atoms with Crippen LogP contribution in [0.4, 0.5) is 0 Å². The molecule has 106 valence electrons. The van der Waals surface area contributed by atoms with E-state index in [1.807, 2.05) is 7.11 Å². The molecular weight excluding hydrogens is 222 g/mol. The zero-order chi connectivity index (χ0) is 12.8. The summed E-state index contributed by atoms with van der Waals surface area (Å²) >= 11 is 0. The predicted octanol–water partition coefficient (Wildman–Crippen LogP) is 3.70. The Hall–Kier alpha value is -0.0800. The Morgan fingerprint density at radius 1 is 1.06 bits per heavy atom. The van der Waals surface area contributed by atoms with Crippen LogP contribution in [0.5, 0.6) is 0 Å². The van der Waals surface area contributed by atoms with Crippen molar-refractivity contribution < 1.29 is 4.74 Å². The summed E-state index contributed by atoms with van der Waals surface area (Å²) in [7, 11) is 1.86. The second-order valence-corrected chi connectivity index (χ2v) is 6.57. The molecule has 1 saturated heterocycles. The van der Waals surface area contributed by atoms with Gasteiger partial charge in [0.2, 0.25) is 0 Å². The van der Waals surface area contributed by atoms with Crippen LogP contribution in [0.2, 0.25) is 0 Å². The molecule has 0 aromatic rings. The van der Waals surface area contributed by atoms with Crippen molar-refractivity contribution in [3.8, 4) is 0 Å². The lowest BCUT2D eigenvalue weighted by Gasteiger charge is -2.27. The number of likely N-dealkylation sites (tertiary alicyclic amines) is 1. The van der Waals surface area contributed by atoms with Crippen molar-refractivity contribution in [1.29, 1.82) is 0 Å². The van der Waals surface area contributed by atoms with Gasteiger partial charge in [-0.05, 0) is 63.5 Å². The van der Waals surface area contributed by atoms with Crippen LogP contribution in [0.15, 0.2) is 0 Å². The van der Waals surface area contributed by atoms with Gasteiger partial charge < -0.3 is 9.64 Å². The van der Waals surface area contributed by atoms with Crippen molar-refractivity contribution in [3.63, 3.8) is 0 Å². The third kappa shape index (κ3) is 4.55. The highest BCUT2D eigenvalue weighted by Crippen LogP contribution is 2.29. The molecule has 1 unspecified atom stereocenters. The smallest absolute Gasteiger partial charge is 0.0571 e. The van der Waals surface area contributed by atoms with Crippen molar-refractivity contribution in [3.05, 3.63) is 0 Å². The van der Waals surface area contributed by atoms with E-state index >= 15 is 0 Å². The maximum atomic E-state index is 5.44. The highest BCUT2D eigenvalue weighted by Gasteiger charge is 2.21. The molecule has 2 fully saturated rings. The van der Waals surface area contributed by atoms with Gasteiger partial charge in [0.25, 0.3) is 0 Å². The second-order valence-electron chi connectivity index (χ2n) is 6.57. The lowest BCUT2D eigenvalue weighted by Crippen LogP contribution is -2.22. The molecule has 1 heterocycles. The Balaban J connectivity index is 1.48. The maximum Gasteiger partial charge on any atom is 0.0571 e. The zero-order valence-corrected chi connectivity index (χ0v) is 12.4. The van der Waals surface area contributed by atoms with E-state index in [1.165, 1.54) is 71.0 Å². The zero-order valence-electron chi connectivity index (χ0n) is 12.4. The Bertz CT molecular complexity index is 223. The first-order valence-electron chi connectivity index (χ1n) is 8.03. The number of hydrogen-bond donors (Lipinski definition) is 0. The van der Waals surface area contributed by atoms with E-state index in [2.05, 4.69) is 11.8 Å². The van der Waals surface area contributed by atoms with Crippen LogP contribution in [0, 0.1) is 11.8 Å². The molecule has 0 N–H and O–H groups in total. The van der Waals surface area contributed by atoms with E-state index in [9.17, 15) is 0 Å². The van der Waals surface area contributed by atoms with Gasteiger partial charge in [0.15, 0.2) is 0 Å². The number of rotatable bonds is 6. The Morgan fingerprint density at radius 3 is 2.44 bits per heavy atom. The topological polar surface area (TPSA) is 12.5 Å². The number of unbranched alkanes of at least 4 members (excludes halogenated alkanes) is 1. The third-order valence-corrected chi connectivity index (χ3v) is 4.97. The van der Waals surface area contributed by atoms with Gasteiger partial charge >= 0.3 is 0 Å². The molecule has 2 heteroatoms. The Labute approximate surface area is 113 Å². The van der Waals surface area contributed by atoms with Crippen molar-refractivity contribution in [2.24, 2.45) is 11.8 Å². The molecule has 1 saturated carbocycles. The van der Waals surface area contributed by atoms with E-state index in [4.69, 9.17) is 4.74 Å². The van der Waals surface area contributed by atoms with Crippen molar-refractivity contribution in [2.45, 2.75) is 64.4 Å². The highest BCUT2D eigenvalue weighted by atomic mass is 16.5. The fourth-order valence-electron chi connectivity index (χ4n) is 3.65. The number of nitrogens with zero attached hydrogens (tertiary/aromatic N) is 1. The summed E-state index contributed by atoms with van der Waals surface area (Å²) in [5, 5.41) is 0. The van der Waals surface area contributed by atoms with Gasteiger partial charge in [-0.3, -0.25) is 0 Å². The molecule has 0 bridgehead atoms. The number of hydrogen-bond acceptors (Lipinski definition) is 2. The molecule has 0 radical (unpaired) electrons. The minimum absolute atomic E-state index is 0.562. The molecule has 2 nitrogen and oxygen atoms in total. The molecule has 1 aliphatic carbocycles. The van der Waals surface area contributed by atoms with Gasteiger partial charge in [-0.1, -0.05) is 19.8 Å². The number of methoxy groups -OCH3 is 1. The fraction of sp³-hybridized carbons (Fsp3) is 1.00. The molecule has 2 aliphatic rings. The summed E-state index contributed by atoms with van der Waals surface area (Å²) in [6.07, 6.45) is 11.7. The van der Waals surface area contributed by atoms with E-state index in [0.717, 1.165) is 11.8 Å². The first-order valence-corrected chi connectivity index (χ1v) is 8.03. The van der Waals surface area contributed by atoms with Crippen LogP contribution in [-0.4, -0.2) is 37.7 Å². The molecule has 0 aromatic carbocycles. The molecule has 1 atom stereocenters. The summed E-state index contributed by atoms with van der Waals surface area (Å²) < 4.78 is 5.44. The van der Waals surface area contributed by atoms with Crippen LogP contribution in [0.1, 0.15) is 58.3 Å². The first-order chi connectivity index (χ1) is 8.78. The SMILES string of the molecule is CO[C@H]1CC[C@H](CCCCN2CCC(C)C2)CC1. The van der Waals surface area contributed by atoms with E-state index < -0.39 is 0 Å². The first kappa shape index (κ1) is 14.3. The van der Waals surface area contributed by atoms with Gasteiger partial charge in [-0.25, -0.2) is 0 Å². The van der Waals surface area contributed by atoms with Crippen LogP contribution in [-0.2, 0) is 4.74 Å². The monoisotopic (exact) mass is 253 g/mol. The van der Waals surface area contributed by atoms with Crippen LogP contribution < -0.4 is 0 Å². The molecule has 0 spiro atoms. The summed E-state index contributed by atoms with van der Waals surface area (Å²) in [5.74, 6) is 1.93. The standard InChI is InChI=1S/C16H31NO/c1-14-10-12-17(13-14)11-4-3-5-15-6-8-16(18-2)9-7-15/h14-16H,3-13H2,1-2H3/t14?,15-,16-. The third-order valence-electron chi connectivity index (χ3n) is 4.97. The average Bonchev–Trinajstić information content (AvgIpc) is 2.81. The largest absolute Gasteiger partial charge is 0.381 e. The normalized spacial score (nSPS) is 34.0. The van der Waals surface area contributed by atoms with Crippen molar-refractivity contribution in [1.82, 2.24) is 4.90 Å². The van der Waals surface area contributed by atoms with E-state index in [-0.39, 0.29) is 0 Å². The quantitative estimate of drug-likeness (QED) is 0.669. The average molecular weight is 253 g/mol. The van der Waals surface area contributed by atoms with E-state index in [1.54, 1.807) is 0 Å². The Morgan fingerprint density at radius 2 is 1.83 bits per heavy atom. The second kappa shape index (κ2) is 7.49. The number of ether oxygens (including phenoxy) is 1.